The van der Waals surface area contributed by atoms with E-state index < -0.39 is 0 Å². The molecule has 5 heteroatoms. The Bertz CT molecular complexity index is 596. The fourth-order valence-electron chi connectivity index (χ4n) is 4.09. The second-order valence-corrected chi connectivity index (χ2v) is 7.10. The molecule has 2 aliphatic heterocycles. The third-order valence-electron chi connectivity index (χ3n) is 5.44. The zero-order chi connectivity index (χ0) is 16.5. The molecule has 3 atom stereocenters. The zero-order valence-corrected chi connectivity index (χ0v) is 14.2. The van der Waals surface area contributed by atoms with E-state index in [1.54, 1.807) is 7.11 Å². The van der Waals surface area contributed by atoms with Gasteiger partial charge in [0.2, 0.25) is 5.91 Å². The highest BCUT2D eigenvalue weighted by Gasteiger charge is 2.43. The Labute approximate surface area is 143 Å². The second-order valence-electron chi connectivity index (χ2n) is 7.10. The van der Waals surface area contributed by atoms with E-state index in [9.17, 15) is 4.79 Å². The predicted molar refractivity (Wildman–Crippen MR) is 91.0 cm³/mol. The summed E-state index contributed by atoms with van der Waals surface area (Å²) in [6.45, 7) is 1.75. The fraction of sp³-hybridized carbons (Fsp3) is 0.632. The highest BCUT2D eigenvalue weighted by Crippen LogP contribution is 2.41. The number of carbonyl (C=O) groups excluding carboxylic acids is 1. The van der Waals surface area contributed by atoms with Crippen molar-refractivity contribution in [2.75, 3.05) is 20.3 Å². The third kappa shape index (κ3) is 3.15. The largest absolute Gasteiger partial charge is 0.497 e. The molecule has 0 radical (unpaired) electrons. The molecular formula is C19H26N2O3. The summed E-state index contributed by atoms with van der Waals surface area (Å²) in [4.78, 5) is 15.1. The van der Waals surface area contributed by atoms with Gasteiger partial charge in [-0.1, -0.05) is 12.1 Å². The quantitative estimate of drug-likeness (QED) is 0.900. The summed E-state index contributed by atoms with van der Waals surface area (Å²) in [7, 11) is 1.70. The van der Waals surface area contributed by atoms with Crippen molar-refractivity contribution in [3.05, 3.63) is 29.8 Å². The van der Waals surface area contributed by atoms with Gasteiger partial charge >= 0.3 is 0 Å². The van der Waals surface area contributed by atoms with Crippen molar-refractivity contribution < 1.29 is 14.3 Å². The number of nitrogens with one attached hydrogen (secondary N) is 1. The molecule has 1 aromatic rings. The van der Waals surface area contributed by atoms with Crippen LogP contribution in [0.1, 0.15) is 43.7 Å². The summed E-state index contributed by atoms with van der Waals surface area (Å²) in [5, 5.41) is 3.27. The lowest BCUT2D eigenvalue weighted by atomic mass is 9.99. The average molecular weight is 330 g/mol. The maximum absolute atomic E-state index is 12.5. The molecule has 1 aliphatic carbocycles. The first-order valence-corrected chi connectivity index (χ1v) is 9.08. The smallest absolute Gasteiger partial charge is 0.249 e. The molecule has 3 aliphatic rings. The number of amides is 1. The number of likely N-dealkylation sites (tertiary alicyclic amines) is 1. The molecule has 1 saturated carbocycles. The van der Waals surface area contributed by atoms with Crippen LogP contribution in [-0.4, -0.2) is 49.3 Å². The molecule has 0 unspecified atom stereocenters. The molecule has 0 spiro atoms. The van der Waals surface area contributed by atoms with Crippen molar-refractivity contribution in [3.8, 4) is 5.75 Å². The van der Waals surface area contributed by atoms with E-state index >= 15 is 0 Å². The minimum Gasteiger partial charge on any atom is -0.497 e. The number of carbonyl (C=O) groups is 1. The normalized spacial score (nSPS) is 30.5. The monoisotopic (exact) mass is 330 g/mol. The SMILES string of the molecule is COc1cccc([C@@H]2[C@H](NC(=O)[C@H]3CCCO3)CCN2C2CC2)c1. The van der Waals surface area contributed by atoms with Crippen LogP contribution in [0.15, 0.2) is 24.3 Å². The van der Waals surface area contributed by atoms with Crippen molar-refractivity contribution in [2.45, 2.75) is 56.3 Å². The van der Waals surface area contributed by atoms with Gasteiger partial charge in [-0.2, -0.15) is 0 Å². The van der Waals surface area contributed by atoms with E-state index in [0.29, 0.717) is 12.6 Å². The molecule has 130 valence electrons. The third-order valence-corrected chi connectivity index (χ3v) is 5.44. The second kappa shape index (κ2) is 6.73. The van der Waals surface area contributed by atoms with Crippen molar-refractivity contribution in [2.24, 2.45) is 0 Å². The predicted octanol–water partition coefficient (Wildman–Crippen LogP) is 2.27. The summed E-state index contributed by atoms with van der Waals surface area (Å²) in [5.74, 6) is 0.933. The topological polar surface area (TPSA) is 50.8 Å². The van der Waals surface area contributed by atoms with Crippen molar-refractivity contribution >= 4 is 5.91 Å². The Morgan fingerprint density at radius 1 is 1.29 bits per heavy atom. The molecule has 24 heavy (non-hydrogen) atoms. The number of benzene rings is 1. The molecule has 1 aromatic carbocycles. The Morgan fingerprint density at radius 3 is 2.88 bits per heavy atom. The maximum Gasteiger partial charge on any atom is 0.249 e. The first-order chi connectivity index (χ1) is 11.8. The molecule has 4 rings (SSSR count). The van der Waals surface area contributed by atoms with Crippen LogP contribution in [0.25, 0.3) is 0 Å². The van der Waals surface area contributed by atoms with Crippen molar-refractivity contribution in [1.29, 1.82) is 0 Å². The van der Waals surface area contributed by atoms with Crippen molar-refractivity contribution in [1.82, 2.24) is 10.2 Å². The molecule has 0 bridgehead atoms. The van der Waals surface area contributed by atoms with E-state index in [1.165, 1.54) is 18.4 Å². The van der Waals surface area contributed by atoms with E-state index in [1.807, 2.05) is 12.1 Å². The van der Waals surface area contributed by atoms with Gasteiger partial charge in [0.1, 0.15) is 11.9 Å². The molecular weight excluding hydrogens is 304 g/mol. The molecule has 5 nitrogen and oxygen atoms in total. The molecule has 1 N–H and O–H groups in total. The maximum atomic E-state index is 12.5. The number of ether oxygens (including phenoxy) is 2. The van der Waals surface area contributed by atoms with Crippen LogP contribution in [-0.2, 0) is 9.53 Å². The van der Waals surface area contributed by atoms with Crippen LogP contribution in [0, 0.1) is 0 Å². The Kier molecular flexibility index (Phi) is 4.46. The summed E-state index contributed by atoms with van der Waals surface area (Å²) in [6, 6.07) is 9.32. The van der Waals surface area contributed by atoms with E-state index in [0.717, 1.165) is 31.6 Å². The van der Waals surface area contributed by atoms with Crippen LogP contribution >= 0.6 is 0 Å². The minimum atomic E-state index is -0.258. The Balaban J connectivity index is 1.54. The van der Waals surface area contributed by atoms with Crippen LogP contribution in [0.3, 0.4) is 0 Å². The van der Waals surface area contributed by atoms with Crippen LogP contribution in [0.2, 0.25) is 0 Å². The molecule has 2 heterocycles. The van der Waals surface area contributed by atoms with Crippen LogP contribution in [0.5, 0.6) is 5.75 Å². The summed E-state index contributed by atoms with van der Waals surface area (Å²) >= 11 is 0. The highest BCUT2D eigenvalue weighted by atomic mass is 16.5. The molecule has 3 fully saturated rings. The number of nitrogens with zero attached hydrogens (tertiary/aromatic N) is 1. The highest BCUT2D eigenvalue weighted by molar-refractivity contribution is 5.81. The van der Waals surface area contributed by atoms with Crippen molar-refractivity contribution in [3.63, 3.8) is 0 Å². The number of methoxy groups -OCH3 is 1. The first-order valence-electron chi connectivity index (χ1n) is 9.08. The summed E-state index contributed by atoms with van der Waals surface area (Å²) < 4.78 is 10.9. The Hall–Kier alpha value is -1.59. The Morgan fingerprint density at radius 2 is 2.17 bits per heavy atom. The zero-order valence-electron chi connectivity index (χ0n) is 14.2. The van der Waals surface area contributed by atoms with Gasteiger partial charge in [0.15, 0.2) is 0 Å². The minimum absolute atomic E-state index is 0.0584. The van der Waals surface area contributed by atoms with Gasteiger partial charge in [0.05, 0.1) is 13.2 Å². The fourth-order valence-corrected chi connectivity index (χ4v) is 4.09. The average Bonchev–Trinajstić information content (AvgIpc) is 3.14. The van der Waals surface area contributed by atoms with Crippen LogP contribution in [0.4, 0.5) is 0 Å². The molecule has 0 aromatic heterocycles. The van der Waals surface area contributed by atoms with Gasteiger partial charge in [-0.05, 0) is 49.8 Å². The molecule has 2 saturated heterocycles. The number of hydrogen-bond acceptors (Lipinski definition) is 4. The molecule has 1 amide bonds. The number of rotatable bonds is 5. The lowest BCUT2D eigenvalue weighted by molar-refractivity contribution is -0.131. The van der Waals surface area contributed by atoms with Crippen LogP contribution < -0.4 is 10.1 Å². The lowest BCUT2D eigenvalue weighted by Gasteiger charge is -2.30. The van der Waals surface area contributed by atoms with Gasteiger partial charge in [-0.15, -0.1) is 0 Å². The number of hydrogen-bond donors (Lipinski definition) is 1. The van der Waals surface area contributed by atoms with Gasteiger partial charge in [0, 0.05) is 25.2 Å². The first kappa shape index (κ1) is 15.9. The standard InChI is InChI=1S/C19H26N2O3/c1-23-15-5-2-4-13(12-15)18-16(9-10-21(18)14-7-8-14)20-19(22)17-6-3-11-24-17/h2,4-5,12,14,16-18H,3,6-11H2,1H3,(H,20,22)/t16-,17-,18-/m1/s1. The van der Waals surface area contributed by atoms with Gasteiger partial charge in [0.25, 0.3) is 0 Å². The van der Waals surface area contributed by atoms with Gasteiger partial charge in [-0.25, -0.2) is 0 Å². The van der Waals surface area contributed by atoms with Gasteiger partial charge in [-0.3, -0.25) is 9.69 Å². The van der Waals surface area contributed by atoms with Gasteiger partial charge < -0.3 is 14.8 Å². The lowest BCUT2D eigenvalue weighted by Crippen LogP contribution is -2.44. The summed E-state index contributed by atoms with van der Waals surface area (Å²) in [6.07, 6.45) is 5.10. The van der Waals surface area contributed by atoms with E-state index in [-0.39, 0.29) is 24.1 Å². The van der Waals surface area contributed by atoms with E-state index in [2.05, 4.69) is 22.3 Å². The van der Waals surface area contributed by atoms with E-state index in [4.69, 9.17) is 9.47 Å². The summed E-state index contributed by atoms with van der Waals surface area (Å²) in [5.41, 5.74) is 1.23.